The molecule has 3 heterocycles. The van der Waals surface area contributed by atoms with Crippen molar-refractivity contribution < 1.29 is 24.2 Å². The molecule has 3 aliphatic rings. The van der Waals surface area contributed by atoms with E-state index in [-0.39, 0.29) is 40.4 Å². The van der Waals surface area contributed by atoms with Gasteiger partial charge in [-0.3, -0.25) is 14.4 Å². The van der Waals surface area contributed by atoms with Crippen LogP contribution in [0.2, 0.25) is 0 Å². The van der Waals surface area contributed by atoms with Crippen LogP contribution >= 0.6 is 27.7 Å². The second-order valence-corrected chi connectivity index (χ2v) is 14.6. The van der Waals surface area contributed by atoms with Crippen molar-refractivity contribution in [1.29, 1.82) is 0 Å². The molecule has 3 aliphatic heterocycles. The number of hydrogen-bond acceptors (Lipinski definition) is 6. The molecule has 0 aliphatic carbocycles. The second-order valence-electron chi connectivity index (χ2n) is 11.9. The van der Waals surface area contributed by atoms with Gasteiger partial charge in [0.15, 0.2) is 0 Å². The molecular formula is C29H45BrN2O5S. The predicted molar refractivity (Wildman–Crippen MR) is 156 cm³/mol. The Kier molecular flexibility index (Phi) is 10.2. The number of ether oxygens (including phenoxy) is 1. The Morgan fingerprint density at radius 2 is 2.00 bits per heavy atom. The molecule has 0 saturated carbocycles. The maximum atomic E-state index is 14.5. The molecule has 8 atom stereocenters. The van der Waals surface area contributed by atoms with E-state index in [0.29, 0.717) is 19.6 Å². The number of carbonyl (C=O) groups excluding carboxylic acids is 3. The van der Waals surface area contributed by atoms with Crippen molar-refractivity contribution in [3.63, 3.8) is 0 Å². The van der Waals surface area contributed by atoms with Gasteiger partial charge < -0.3 is 19.6 Å². The standard InChI is InChI=1S/C29H45BrN2O5S/c1-8-11-12-13-15-37-27(36)21-22-25(34)32(20(17-33)18(4)10-3)24(29(22)16-19(30)23(21)38-29)26(35)31(14-9-2)28(5,6)7/h8-9,18-24,33H,1-2,10-17H2,3-7H3/t18-,19?,20-,21-,22-,23-,24?,29?/m0/s1. The van der Waals surface area contributed by atoms with Crippen molar-refractivity contribution >= 4 is 45.5 Å². The number of hydrogen-bond donors (Lipinski definition) is 1. The number of carbonyl (C=O) groups is 3. The average molecular weight is 614 g/mol. The van der Waals surface area contributed by atoms with Crippen LogP contribution in [0.15, 0.2) is 25.3 Å². The molecular weight excluding hydrogens is 568 g/mol. The fraction of sp³-hybridized carbons (Fsp3) is 0.759. The maximum absolute atomic E-state index is 14.5. The SMILES string of the molecule is C=CCCCCOC(=O)[C@H]1[C@H]2C(=O)N([C@@H](CO)[C@@H](C)CC)C(C(=O)N(CC=C)C(C)(C)C)C23CC(Br)[C@@H]1S3. The zero-order chi connectivity index (χ0) is 28.4. The summed E-state index contributed by atoms with van der Waals surface area (Å²) in [7, 11) is 0. The lowest BCUT2D eigenvalue weighted by Crippen LogP contribution is -2.61. The summed E-state index contributed by atoms with van der Waals surface area (Å²) < 4.78 is 4.94. The number of allylic oxidation sites excluding steroid dienone is 1. The second kappa shape index (κ2) is 12.5. The monoisotopic (exact) mass is 612 g/mol. The molecule has 3 saturated heterocycles. The molecule has 0 aromatic heterocycles. The normalized spacial score (nSPS) is 31.6. The van der Waals surface area contributed by atoms with Gasteiger partial charge in [0, 0.05) is 22.2 Å². The highest BCUT2D eigenvalue weighted by atomic mass is 79.9. The van der Waals surface area contributed by atoms with Gasteiger partial charge in [-0.2, -0.15) is 0 Å². The molecule has 2 amide bonds. The molecule has 9 heteroatoms. The van der Waals surface area contributed by atoms with E-state index in [1.54, 1.807) is 27.6 Å². The molecule has 3 unspecified atom stereocenters. The molecule has 2 bridgehead atoms. The molecule has 0 aromatic carbocycles. The number of alkyl halides is 1. The number of halogens is 1. The van der Waals surface area contributed by atoms with Crippen LogP contribution < -0.4 is 0 Å². The molecule has 0 radical (unpaired) electrons. The minimum Gasteiger partial charge on any atom is -0.465 e. The van der Waals surface area contributed by atoms with Crippen molar-refractivity contribution in [2.45, 2.75) is 99.2 Å². The van der Waals surface area contributed by atoms with Crippen LogP contribution in [0, 0.1) is 17.8 Å². The number of nitrogens with zero attached hydrogens (tertiary/aromatic N) is 2. The molecule has 38 heavy (non-hydrogen) atoms. The average Bonchev–Trinajstić information content (AvgIpc) is 3.45. The van der Waals surface area contributed by atoms with Crippen LogP contribution in [0.1, 0.15) is 66.7 Å². The number of fused-ring (bicyclic) bond motifs is 1. The molecule has 1 N–H and O–H groups in total. The van der Waals surface area contributed by atoms with Crippen LogP contribution in [0.4, 0.5) is 0 Å². The molecule has 3 fully saturated rings. The zero-order valence-corrected chi connectivity index (χ0v) is 25.9. The number of rotatable bonds is 13. The molecule has 7 nitrogen and oxygen atoms in total. The topological polar surface area (TPSA) is 87.1 Å². The Balaban J connectivity index is 2.06. The summed E-state index contributed by atoms with van der Waals surface area (Å²) in [4.78, 5) is 45.8. The number of aliphatic hydroxyl groups excluding tert-OH is 1. The van der Waals surface area contributed by atoms with Gasteiger partial charge in [0.2, 0.25) is 11.8 Å². The van der Waals surface area contributed by atoms with E-state index in [9.17, 15) is 19.5 Å². The fourth-order valence-electron chi connectivity index (χ4n) is 6.42. The van der Waals surface area contributed by atoms with Crippen molar-refractivity contribution in [3.8, 4) is 0 Å². The number of aliphatic hydroxyl groups is 1. The van der Waals surface area contributed by atoms with Crippen molar-refractivity contribution in [1.82, 2.24) is 9.80 Å². The van der Waals surface area contributed by atoms with Crippen LogP contribution in [-0.4, -0.2) is 84.9 Å². The van der Waals surface area contributed by atoms with E-state index >= 15 is 0 Å². The highest BCUT2D eigenvalue weighted by molar-refractivity contribution is 9.09. The van der Waals surface area contributed by atoms with Gasteiger partial charge in [-0.1, -0.05) is 48.4 Å². The summed E-state index contributed by atoms with van der Waals surface area (Å²) in [5, 5.41) is 10.3. The summed E-state index contributed by atoms with van der Waals surface area (Å²) in [5.74, 6) is -2.04. The number of esters is 1. The van der Waals surface area contributed by atoms with Crippen LogP contribution in [-0.2, 0) is 19.1 Å². The number of amides is 2. The Morgan fingerprint density at radius 3 is 2.55 bits per heavy atom. The summed E-state index contributed by atoms with van der Waals surface area (Å²) in [6.45, 7) is 17.9. The van der Waals surface area contributed by atoms with E-state index in [1.165, 1.54) is 0 Å². The van der Waals surface area contributed by atoms with Crippen molar-refractivity contribution in [2.24, 2.45) is 17.8 Å². The van der Waals surface area contributed by atoms with Crippen LogP contribution in [0.3, 0.4) is 0 Å². The first-order valence-corrected chi connectivity index (χ1v) is 15.7. The van der Waals surface area contributed by atoms with Crippen molar-refractivity contribution in [3.05, 3.63) is 25.3 Å². The number of likely N-dealkylation sites (tertiary alicyclic amines) is 1. The van der Waals surface area contributed by atoms with E-state index in [1.807, 2.05) is 40.7 Å². The van der Waals surface area contributed by atoms with Gasteiger partial charge in [0.1, 0.15) is 6.04 Å². The van der Waals surface area contributed by atoms with E-state index in [4.69, 9.17) is 4.74 Å². The Bertz CT molecular complexity index is 923. The number of unbranched alkanes of at least 4 members (excludes halogenated alkanes) is 2. The summed E-state index contributed by atoms with van der Waals surface area (Å²) in [6.07, 6.45) is 7.38. The Labute approximate surface area is 240 Å². The van der Waals surface area contributed by atoms with Crippen LogP contribution in [0.5, 0.6) is 0 Å². The largest absolute Gasteiger partial charge is 0.465 e. The van der Waals surface area contributed by atoms with E-state index < -0.39 is 34.2 Å². The maximum Gasteiger partial charge on any atom is 0.310 e. The third-order valence-electron chi connectivity index (χ3n) is 8.51. The minimum absolute atomic E-state index is 0.0193. The molecule has 3 rings (SSSR count). The zero-order valence-electron chi connectivity index (χ0n) is 23.5. The lowest BCUT2D eigenvalue weighted by atomic mass is 9.71. The quantitative estimate of drug-likeness (QED) is 0.142. The van der Waals surface area contributed by atoms with Gasteiger partial charge in [0.25, 0.3) is 0 Å². The van der Waals surface area contributed by atoms with Gasteiger partial charge in [0.05, 0.1) is 35.8 Å². The predicted octanol–water partition coefficient (Wildman–Crippen LogP) is 4.57. The molecule has 1 spiro atoms. The highest BCUT2D eigenvalue weighted by Gasteiger charge is 2.77. The minimum atomic E-state index is -0.786. The lowest BCUT2D eigenvalue weighted by molar-refractivity contribution is -0.155. The third kappa shape index (κ3) is 5.49. The molecule has 0 aromatic rings. The summed E-state index contributed by atoms with van der Waals surface area (Å²) in [6, 6.07) is -1.30. The first kappa shape index (κ1) is 31.2. The molecule has 214 valence electrons. The third-order valence-corrected chi connectivity index (χ3v) is 11.7. The first-order valence-electron chi connectivity index (χ1n) is 13.9. The Morgan fingerprint density at radius 1 is 1.32 bits per heavy atom. The van der Waals surface area contributed by atoms with E-state index in [0.717, 1.165) is 25.7 Å². The number of thioether (sulfide) groups is 1. The van der Waals surface area contributed by atoms with Gasteiger partial charge in [-0.05, 0) is 52.4 Å². The van der Waals surface area contributed by atoms with Crippen LogP contribution in [0.25, 0.3) is 0 Å². The summed E-state index contributed by atoms with van der Waals surface area (Å²) >= 11 is 5.40. The van der Waals surface area contributed by atoms with Gasteiger partial charge in [-0.25, -0.2) is 0 Å². The highest BCUT2D eigenvalue weighted by Crippen LogP contribution is 2.68. The smallest absolute Gasteiger partial charge is 0.310 e. The fourth-order valence-corrected chi connectivity index (χ4v) is 10.00. The van der Waals surface area contributed by atoms with Gasteiger partial charge in [-0.15, -0.1) is 24.9 Å². The lowest BCUT2D eigenvalue weighted by Gasteiger charge is -2.44. The summed E-state index contributed by atoms with van der Waals surface area (Å²) in [5.41, 5.74) is -0.501. The Hall–Kier alpha value is -1.32. The van der Waals surface area contributed by atoms with E-state index in [2.05, 4.69) is 29.1 Å². The van der Waals surface area contributed by atoms with Gasteiger partial charge >= 0.3 is 5.97 Å². The van der Waals surface area contributed by atoms with Crippen molar-refractivity contribution in [2.75, 3.05) is 19.8 Å². The first-order chi connectivity index (χ1) is 17.9.